The van der Waals surface area contributed by atoms with Gasteiger partial charge in [0, 0.05) is 18.0 Å². The number of ether oxygens (including phenoxy) is 2. The van der Waals surface area contributed by atoms with Gasteiger partial charge in [-0.15, -0.1) is 0 Å². The number of hydrazone groups is 1. The van der Waals surface area contributed by atoms with E-state index in [0.717, 1.165) is 0 Å². The van der Waals surface area contributed by atoms with Crippen molar-refractivity contribution in [3.8, 4) is 17.2 Å². The molecule has 0 bridgehead atoms. The number of carbonyl (C=O) groups excluding carboxylic acids is 1. The molecule has 2 aromatic rings. The van der Waals surface area contributed by atoms with E-state index in [1.807, 2.05) is 0 Å². The Kier molecular flexibility index (Phi) is 4.86. The molecule has 114 valence electrons. The Bertz CT molecular complexity index is 663. The number of nitrogens with zero attached hydrogens (tertiary/aromatic N) is 3. The van der Waals surface area contributed by atoms with E-state index in [0.29, 0.717) is 5.56 Å². The molecule has 0 atom stereocenters. The maximum absolute atomic E-state index is 11.7. The summed E-state index contributed by atoms with van der Waals surface area (Å²) < 4.78 is 10.1. The fraction of sp³-hybridized carbons (Fsp3) is 0.143. The Balaban J connectivity index is 2.12. The normalized spacial score (nSPS) is 10.5. The molecule has 1 aromatic heterocycles. The molecule has 1 heterocycles. The van der Waals surface area contributed by atoms with Gasteiger partial charge < -0.3 is 14.6 Å². The molecule has 0 radical (unpaired) electrons. The van der Waals surface area contributed by atoms with Crippen molar-refractivity contribution < 1.29 is 19.4 Å². The Hall–Kier alpha value is -3.16. The van der Waals surface area contributed by atoms with E-state index in [-0.39, 0.29) is 22.9 Å². The summed E-state index contributed by atoms with van der Waals surface area (Å²) in [5.41, 5.74) is 3.05. The highest BCUT2D eigenvalue weighted by molar-refractivity contribution is 5.92. The Morgan fingerprint density at radius 2 is 1.95 bits per heavy atom. The second kappa shape index (κ2) is 7.02. The van der Waals surface area contributed by atoms with Crippen LogP contribution in [0.25, 0.3) is 0 Å². The molecule has 1 aromatic carbocycles. The highest BCUT2D eigenvalue weighted by atomic mass is 16.5. The minimum atomic E-state index is -0.484. The number of rotatable bonds is 5. The number of aromatic hydroxyl groups is 1. The van der Waals surface area contributed by atoms with Gasteiger partial charge in [-0.1, -0.05) is 0 Å². The lowest BCUT2D eigenvalue weighted by atomic mass is 10.2. The van der Waals surface area contributed by atoms with Crippen molar-refractivity contribution in [1.82, 2.24) is 15.4 Å². The molecular formula is C14H14N4O4. The second-order valence-corrected chi connectivity index (χ2v) is 4.06. The van der Waals surface area contributed by atoms with Crippen LogP contribution >= 0.6 is 0 Å². The fourth-order valence-electron chi connectivity index (χ4n) is 1.63. The van der Waals surface area contributed by atoms with E-state index in [4.69, 9.17) is 9.47 Å². The van der Waals surface area contributed by atoms with Gasteiger partial charge in [0.25, 0.3) is 5.91 Å². The maximum atomic E-state index is 11.7. The van der Waals surface area contributed by atoms with Crippen LogP contribution < -0.4 is 14.9 Å². The zero-order valence-electron chi connectivity index (χ0n) is 12.0. The van der Waals surface area contributed by atoms with Gasteiger partial charge >= 0.3 is 0 Å². The van der Waals surface area contributed by atoms with Crippen molar-refractivity contribution in [2.75, 3.05) is 14.2 Å². The van der Waals surface area contributed by atoms with Gasteiger partial charge in [-0.2, -0.15) is 5.10 Å². The van der Waals surface area contributed by atoms with E-state index < -0.39 is 5.91 Å². The molecule has 8 nitrogen and oxygen atoms in total. The highest BCUT2D eigenvalue weighted by Crippen LogP contribution is 2.36. The number of carbonyl (C=O) groups is 1. The molecule has 0 aliphatic heterocycles. The first-order valence-electron chi connectivity index (χ1n) is 6.20. The van der Waals surface area contributed by atoms with Crippen molar-refractivity contribution in [3.05, 3.63) is 42.0 Å². The van der Waals surface area contributed by atoms with Gasteiger partial charge in [-0.25, -0.2) is 10.4 Å². The summed E-state index contributed by atoms with van der Waals surface area (Å²) in [4.78, 5) is 19.4. The summed E-state index contributed by atoms with van der Waals surface area (Å²) in [6, 6.07) is 3.10. The number of methoxy groups -OCH3 is 2. The van der Waals surface area contributed by atoms with Crippen LogP contribution in [-0.2, 0) is 0 Å². The van der Waals surface area contributed by atoms with Crippen molar-refractivity contribution in [2.45, 2.75) is 0 Å². The third-order valence-electron chi connectivity index (χ3n) is 2.68. The molecule has 0 aliphatic carbocycles. The Morgan fingerprint density at radius 1 is 1.27 bits per heavy atom. The number of hydrogen-bond acceptors (Lipinski definition) is 7. The standard InChI is InChI=1S/C14H14N4O4/c1-21-11-5-9(6-12(22-2)13(11)19)7-17-18-14(20)10-8-15-3-4-16-10/h3-8,19H,1-2H3,(H,18,20)/b17-7+. The predicted molar refractivity (Wildman–Crippen MR) is 78.3 cm³/mol. The van der Waals surface area contributed by atoms with Gasteiger partial charge in [0.15, 0.2) is 11.5 Å². The topological polar surface area (TPSA) is 106 Å². The van der Waals surface area contributed by atoms with Gasteiger partial charge in [0.2, 0.25) is 5.75 Å². The third kappa shape index (κ3) is 3.48. The van der Waals surface area contributed by atoms with Gasteiger partial charge in [0.1, 0.15) is 5.69 Å². The van der Waals surface area contributed by atoms with Crippen molar-refractivity contribution in [3.63, 3.8) is 0 Å². The molecule has 0 aliphatic rings. The van der Waals surface area contributed by atoms with E-state index in [1.165, 1.54) is 39.0 Å². The SMILES string of the molecule is COc1cc(/C=N/NC(=O)c2cnccn2)cc(OC)c1O. The second-order valence-electron chi connectivity index (χ2n) is 4.06. The van der Waals surface area contributed by atoms with Gasteiger partial charge in [-0.3, -0.25) is 9.78 Å². The molecule has 0 fully saturated rings. The lowest BCUT2D eigenvalue weighted by Crippen LogP contribution is -2.19. The number of nitrogens with one attached hydrogen (secondary N) is 1. The van der Waals surface area contributed by atoms with Crippen LogP contribution in [-0.4, -0.2) is 41.4 Å². The Morgan fingerprint density at radius 3 is 2.50 bits per heavy atom. The first kappa shape index (κ1) is 15.2. The number of amides is 1. The Labute approximate surface area is 126 Å². The molecule has 0 unspecified atom stereocenters. The minimum absolute atomic E-state index is 0.106. The summed E-state index contributed by atoms with van der Waals surface area (Å²) in [5, 5.41) is 13.6. The van der Waals surface area contributed by atoms with Crippen LogP contribution in [0.3, 0.4) is 0 Å². The van der Waals surface area contributed by atoms with E-state index in [2.05, 4.69) is 20.5 Å². The summed E-state index contributed by atoms with van der Waals surface area (Å²) in [6.45, 7) is 0. The maximum Gasteiger partial charge on any atom is 0.291 e. The predicted octanol–water partition coefficient (Wildman–Crippen LogP) is 0.963. The van der Waals surface area contributed by atoms with E-state index >= 15 is 0 Å². The zero-order chi connectivity index (χ0) is 15.9. The van der Waals surface area contributed by atoms with Crippen molar-refractivity contribution in [2.24, 2.45) is 5.10 Å². The monoisotopic (exact) mass is 302 g/mol. The van der Waals surface area contributed by atoms with Gasteiger partial charge in [-0.05, 0) is 12.1 Å². The van der Waals surface area contributed by atoms with Crippen LogP contribution in [0, 0.1) is 0 Å². The number of phenols is 1. The molecule has 22 heavy (non-hydrogen) atoms. The smallest absolute Gasteiger partial charge is 0.291 e. The number of benzene rings is 1. The summed E-state index contributed by atoms with van der Waals surface area (Å²) >= 11 is 0. The number of aromatic nitrogens is 2. The molecule has 2 rings (SSSR count). The largest absolute Gasteiger partial charge is 0.502 e. The van der Waals surface area contributed by atoms with Crippen molar-refractivity contribution in [1.29, 1.82) is 0 Å². The fourth-order valence-corrected chi connectivity index (χ4v) is 1.63. The van der Waals surface area contributed by atoms with E-state index in [1.54, 1.807) is 12.1 Å². The molecule has 8 heteroatoms. The average Bonchev–Trinajstić information content (AvgIpc) is 2.56. The molecule has 1 amide bonds. The lowest BCUT2D eigenvalue weighted by Gasteiger charge is -2.09. The number of hydrogen-bond donors (Lipinski definition) is 2. The van der Waals surface area contributed by atoms with Crippen LogP contribution in [0.5, 0.6) is 17.2 Å². The van der Waals surface area contributed by atoms with Crippen LogP contribution in [0.4, 0.5) is 0 Å². The molecule has 0 saturated heterocycles. The summed E-state index contributed by atoms with van der Waals surface area (Å²) in [6.07, 6.45) is 5.60. The summed E-state index contributed by atoms with van der Waals surface area (Å²) in [7, 11) is 2.84. The van der Waals surface area contributed by atoms with Gasteiger partial charge in [0.05, 0.1) is 26.6 Å². The minimum Gasteiger partial charge on any atom is -0.502 e. The van der Waals surface area contributed by atoms with E-state index in [9.17, 15) is 9.90 Å². The molecular weight excluding hydrogens is 288 g/mol. The third-order valence-corrected chi connectivity index (χ3v) is 2.68. The quantitative estimate of drug-likeness (QED) is 0.629. The zero-order valence-corrected chi connectivity index (χ0v) is 12.0. The molecule has 0 spiro atoms. The average molecular weight is 302 g/mol. The highest BCUT2D eigenvalue weighted by Gasteiger charge is 2.10. The molecule has 2 N–H and O–H groups in total. The lowest BCUT2D eigenvalue weighted by molar-refractivity contribution is 0.0949. The first-order valence-corrected chi connectivity index (χ1v) is 6.20. The van der Waals surface area contributed by atoms with Crippen LogP contribution in [0.2, 0.25) is 0 Å². The first-order chi connectivity index (χ1) is 10.7. The van der Waals surface area contributed by atoms with Crippen LogP contribution in [0.15, 0.2) is 35.8 Å². The van der Waals surface area contributed by atoms with Crippen molar-refractivity contribution >= 4 is 12.1 Å². The summed E-state index contributed by atoms with van der Waals surface area (Å²) in [5.74, 6) is -0.116. The number of phenolic OH excluding ortho intramolecular Hbond substituents is 1. The van der Waals surface area contributed by atoms with Crippen LogP contribution in [0.1, 0.15) is 16.1 Å². The molecule has 0 saturated carbocycles.